The highest BCUT2D eigenvalue weighted by molar-refractivity contribution is 7.89. The highest BCUT2D eigenvalue weighted by Gasteiger charge is 2.32. The van der Waals surface area contributed by atoms with Crippen molar-refractivity contribution in [3.05, 3.63) is 18.2 Å². The normalized spacial score (nSPS) is 21.0. The van der Waals surface area contributed by atoms with E-state index in [-0.39, 0.29) is 35.3 Å². The van der Waals surface area contributed by atoms with Crippen LogP contribution in [0.3, 0.4) is 0 Å². The number of nitrogens with zero attached hydrogens (tertiary/aromatic N) is 1. The Morgan fingerprint density at radius 3 is 2.39 bits per heavy atom. The minimum atomic E-state index is -3.61. The maximum atomic E-state index is 12.9. The molecule has 8 nitrogen and oxygen atoms in total. The van der Waals surface area contributed by atoms with E-state index in [0.717, 1.165) is 19.4 Å². The Labute approximate surface area is 172 Å². The molecule has 3 rings (SSSR count). The molecule has 1 aromatic carbocycles. The summed E-state index contributed by atoms with van der Waals surface area (Å²) < 4.78 is 37.7. The lowest BCUT2D eigenvalue weighted by atomic mass is 10.1. The van der Waals surface area contributed by atoms with Gasteiger partial charge in [-0.3, -0.25) is 4.79 Å². The first kappa shape index (κ1) is 22.7. The van der Waals surface area contributed by atoms with Gasteiger partial charge in [-0.15, -0.1) is 12.4 Å². The number of nitrogens with one attached hydrogen (secondary N) is 2. The van der Waals surface area contributed by atoms with Crippen LogP contribution in [0, 0.1) is 0 Å². The summed E-state index contributed by atoms with van der Waals surface area (Å²) >= 11 is 0. The third-order valence-corrected chi connectivity index (χ3v) is 7.06. The fourth-order valence-electron chi connectivity index (χ4n) is 3.58. The first-order valence-corrected chi connectivity index (χ1v) is 10.7. The molecule has 2 saturated heterocycles. The Morgan fingerprint density at radius 2 is 1.82 bits per heavy atom. The van der Waals surface area contributed by atoms with E-state index in [1.807, 2.05) is 0 Å². The summed E-state index contributed by atoms with van der Waals surface area (Å²) in [6, 6.07) is 4.49. The van der Waals surface area contributed by atoms with Gasteiger partial charge in [0.05, 0.1) is 25.2 Å². The second-order valence-corrected chi connectivity index (χ2v) is 8.79. The molecule has 0 aliphatic carbocycles. The van der Waals surface area contributed by atoms with Crippen molar-refractivity contribution >= 4 is 28.3 Å². The number of methoxy groups -OCH3 is 2. The van der Waals surface area contributed by atoms with Gasteiger partial charge in [-0.1, -0.05) is 0 Å². The summed E-state index contributed by atoms with van der Waals surface area (Å²) in [7, 11) is -0.634. The van der Waals surface area contributed by atoms with Crippen molar-refractivity contribution in [3.63, 3.8) is 0 Å². The van der Waals surface area contributed by atoms with Crippen molar-refractivity contribution in [2.75, 3.05) is 33.9 Å². The molecule has 0 bridgehead atoms. The average Bonchev–Trinajstić information content (AvgIpc) is 3.22. The van der Waals surface area contributed by atoms with Gasteiger partial charge in [-0.2, -0.15) is 4.31 Å². The molecule has 2 aliphatic heterocycles. The van der Waals surface area contributed by atoms with Crippen molar-refractivity contribution < 1.29 is 22.7 Å². The van der Waals surface area contributed by atoms with Gasteiger partial charge in [0.1, 0.15) is 0 Å². The van der Waals surface area contributed by atoms with Crippen molar-refractivity contribution in [3.8, 4) is 11.5 Å². The van der Waals surface area contributed by atoms with Crippen LogP contribution in [0.2, 0.25) is 0 Å². The zero-order valence-electron chi connectivity index (χ0n) is 16.1. The van der Waals surface area contributed by atoms with Crippen molar-refractivity contribution in [1.82, 2.24) is 14.9 Å². The van der Waals surface area contributed by atoms with E-state index in [0.29, 0.717) is 37.4 Å². The third-order valence-electron chi connectivity index (χ3n) is 5.17. The van der Waals surface area contributed by atoms with Gasteiger partial charge in [0.2, 0.25) is 15.9 Å². The fourth-order valence-corrected chi connectivity index (χ4v) is 5.06. The maximum absolute atomic E-state index is 12.9. The van der Waals surface area contributed by atoms with Crippen molar-refractivity contribution in [2.45, 2.75) is 42.7 Å². The van der Waals surface area contributed by atoms with Gasteiger partial charge in [0.25, 0.3) is 0 Å². The maximum Gasteiger partial charge on any atom is 0.243 e. The highest BCUT2D eigenvalue weighted by Crippen LogP contribution is 2.31. The minimum Gasteiger partial charge on any atom is -0.493 e. The smallest absolute Gasteiger partial charge is 0.243 e. The molecule has 0 saturated carbocycles. The van der Waals surface area contributed by atoms with Crippen LogP contribution in [0.25, 0.3) is 0 Å². The van der Waals surface area contributed by atoms with Crippen LogP contribution in [0.1, 0.15) is 25.7 Å². The Hall–Kier alpha value is -1.55. The number of hydrogen-bond acceptors (Lipinski definition) is 6. The third kappa shape index (κ3) is 4.89. The molecule has 1 atom stereocenters. The predicted octanol–water partition coefficient (Wildman–Crippen LogP) is 1.15. The Morgan fingerprint density at radius 1 is 1.14 bits per heavy atom. The summed E-state index contributed by atoms with van der Waals surface area (Å²) in [5.41, 5.74) is 0. The quantitative estimate of drug-likeness (QED) is 0.698. The lowest BCUT2D eigenvalue weighted by Crippen LogP contribution is -2.50. The van der Waals surface area contributed by atoms with E-state index < -0.39 is 10.0 Å². The van der Waals surface area contributed by atoms with Gasteiger partial charge in [-0.25, -0.2) is 8.42 Å². The molecule has 28 heavy (non-hydrogen) atoms. The largest absolute Gasteiger partial charge is 0.493 e. The van der Waals surface area contributed by atoms with E-state index in [4.69, 9.17) is 9.47 Å². The van der Waals surface area contributed by atoms with Crippen LogP contribution >= 0.6 is 12.4 Å². The molecule has 2 aliphatic rings. The number of sulfonamides is 1. The summed E-state index contributed by atoms with van der Waals surface area (Å²) in [4.78, 5) is 12.4. The minimum absolute atomic E-state index is 0. The molecule has 2 heterocycles. The molecule has 158 valence electrons. The molecular weight excluding hydrogens is 406 g/mol. The zero-order chi connectivity index (χ0) is 19.4. The Bertz CT molecular complexity index is 775. The highest BCUT2D eigenvalue weighted by atomic mass is 35.5. The number of rotatable bonds is 6. The van der Waals surface area contributed by atoms with Crippen LogP contribution in [0.15, 0.2) is 23.1 Å². The summed E-state index contributed by atoms with van der Waals surface area (Å²) in [6.45, 7) is 1.62. The number of halogens is 1. The van der Waals surface area contributed by atoms with Crippen LogP contribution in [0.4, 0.5) is 0 Å². The van der Waals surface area contributed by atoms with Crippen LogP contribution in [-0.2, 0) is 14.8 Å². The molecule has 1 aromatic rings. The van der Waals surface area contributed by atoms with Crippen molar-refractivity contribution in [2.24, 2.45) is 0 Å². The topological polar surface area (TPSA) is 97.0 Å². The standard InChI is InChI=1S/C18H27N3O5S.ClH/c1-25-16-6-5-14(12-17(16)26-2)27(23,24)21-10-7-13(8-11-21)20-18(22)15-4-3-9-19-15;/h5-6,12-13,15,19H,3-4,7-11H2,1-2H3,(H,20,22);1H. The predicted molar refractivity (Wildman–Crippen MR) is 108 cm³/mol. The monoisotopic (exact) mass is 433 g/mol. The van der Waals surface area contributed by atoms with E-state index in [2.05, 4.69) is 10.6 Å². The fraction of sp³-hybridized carbons (Fsp3) is 0.611. The Kier molecular flexibility index (Phi) is 7.94. The number of amides is 1. The molecule has 1 unspecified atom stereocenters. The SMILES string of the molecule is COc1ccc(S(=O)(=O)N2CCC(NC(=O)C3CCCN3)CC2)cc1OC.Cl. The van der Waals surface area contributed by atoms with E-state index in [9.17, 15) is 13.2 Å². The first-order valence-electron chi connectivity index (χ1n) is 9.21. The second-order valence-electron chi connectivity index (χ2n) is 6.85. The lowest BCUT2D eigenvalue weighted by Gasteiger charge is -2.32. The van der Waals surface area contributed by atoms with Crippen LogP contribution < -0.4 is 20.1 Å². The number of piperidine rings is 1. The number of carbonyl (C=O) groups excluding carboxylic acids is 1. The van der Waals surface area contributed by atoms with Gasteiger partial charge < -0.3 is 20.1 Å². The van der Waals surface area contributed by atoms with Gasteiger partial charge in [0, 0.05) is 25.2 Å². The molecule has 2 N–H and O–H groups in total. The summed E-state index contributed by atoms with van der Waals surface area (Å²) in [6.07, 6.45) is 3.08. The van der Waals surface area contributed by atoms with E-state index in [1.54, 1.807) is 6.07 Å². The molecule has 0 radical (unpaired) electrons. The second kappa shape index (κ2) is 9.78. The van der Waals surface area contributed by atoms with Crippen LogP contribution in [-0.4, -0.2) is 64.6 Å². The van der Waals surface area contributed by atoms with E-state index >= 15 is 0 Å². The number of carbonyl (C=O) groups is 1. The zero-order valence-corrected chi connectivity index (χ0v) is 17.8. The number of hydrogen-bond donors (Lipinski definition) is 2. The average molecular weight is 434 g/mol. The first-order chi connectivity index (χ1) is 13.0. The number of ether oxygens (including phenoxy) is 2. The number of benzene rings is 1. The van der Waals surface area contributed by atoms with Crippen LogP contribution in [0.5, 0.6) is 11.5 Å². The molecule has 0 aromatic heterocycles. The van der Waals surface area contributed by atoms with Gasteiger partial charge >= 0.3 is 0 Å². The molecule has 1 amide bonds. The van der Waals surface area contributed by atoms with E-state index in [1.165, 1.54) is 30.7 Å². The molecular formula is C18H28ClN3O5S. The van der Waals surface area contributed by atoms with Gasteiger partial charge in [-0.05, 0) is 44.4 Å². The molecule has 0 spiro atoms. The molecule has 2 fully saturated rings. The summed E-state index contributed by atoms with van der Waals surface area (Å²) in [5, 5.41) is 6.23. The Balaban J connectivity index is 0.00000280. The summed E-state index contributed by atoms with van der Waals surface area (Å²) in [5.74, 6) is 0.886. The van der Waals surface area contributed by atoms with Crippen molar-refractivity contribution in [1.29, 1.82) is 0 Å². The molecule has 10 heteroatoms. The lowest BCUT2D eigenvalue weighted by molar-refractivity contribution is -0.123. The van der Waals surface area contributed by atoms with Gasteiger partial charge in [0.15, 0.2) is 11.5 Å².